The minimum absolute atomic E-state index is 0.0608. The van der Waals surface area contributed by atoms with Crippen molar-refractivity contribution in [2.75, 3.05) is 19.3 Å². The van der Waals surface area contributed by atoms with Crippen molar-refractivity contribution in [1.82, 2.24) is 10.0 Å². The van der Waals surface area contributed by atoms with E-state index in [-0.39, 0.29) is 23.8 Å². The van der Waals surface area contributed by atoms with E-state index >= 15 is 0 Å². The Bertz CT molecular complexity index is 559. The molecule has 0 heterocycles. The van der Waals surface area contributed by atoms with Gasteiger partial charge in [-0.2, -0.15) is 0 Å². The number of carbonyl (C=O) groups is 1. The van der Waals surface area contributed by atoms with Gasteiger partial charge in [-0.3, -0.25) is 4.79 Å². The average molecular weight is 285 g/mol. The molecule has 0 aromatic heterocycles. The number of nitrogen functional groups attached to an aromatic ring is 1. The molecular weight excluding hydrogens is 266 g/mol. The summed E-state index contributed by atoms with van der Waals surface area (Å²) in [6.07, 6.45) is 0.1000. The minimum Gasteiger partial charge on any atom is -0.399 e. The van der Waals surface area contributed by atoms with Crippen molar-refractivity contribution in [3.05, 3.63) is 23.3 Å². The van der Waals surface area contributed by atoms with Crippen LogP contribution in [0, 0.1) is 13.8 Å². The quantitative estimate of drug-likeness (QED) is 0.677. The summed E-state index contributed by atoms with van der Waals surface area (Å²) < 4.78 is 26.8. The van der Waals surface area contributed by atoms with E-state index < -0.39 is 10.0 Å². The van der Waals surface area contributed by atoms with Crippen LogP contribution in [-0.4, -0.2) is 27.9 Å². The van der Waals surface area contributed by atoms with Gasteiger partial charge >= 0.3 is 0 Å². The molecule has 106 valence electrons. The lowest BCUT2D eigenvalue weighted by molar-refractivity contribution is -0.120. The van der Waals surface area contributed by atoms with Gasteiger partial charge < -0.3 is 11.1 Å². The second-order valence-corrected chi connectivity index (χ2v) is 6.01. The Morgan fingerprint density at radius 1 is 1.26 bits per heavy atom. The molecule has 0 spiro atoms. The molecule has 0 bridgehead atoms. The monoisotopic (exact) mass is 285 g/mol. The molecule has 1 rings (SSSR count). The van der Waals surface area contributed by atoms with Gasteiger partial charge in [-0.1, -0.05) is 0 Å². The van der Waals surface area contributed by atoms with Gasteiger partial charge in [0, 0.05) is 25.7 Å². The van der Waals surface area contributed by atoms with Gasteiger partial charge in [-0.25, -0.2) is 13.1 Å². The third-order valence-electron chi connectivity index (χ3n) is 2.67. The zero-order valence-corrected chi connectivity index (χ0v) is 12.1. The summed E-state index contributed by atoms with van der Waals surface area (Å²) in [6.45, 7) is 3.44. The number of rotatable bonds is 5. The molecule has 19 heavy (non-hydrogen) atoms. The predicted octanol–water partition coefficient (Wildman–Crippen LogP) is 0.300. The first-order valence-electron chi connectivity index (χ1n) is 5.85. The highest BCUT2D eigenvalue weighted by molar-refractivity contribution is 7.89. The van der Waals surface area contributed by atoms with Gasteiger partial charge in [0.1, 0.15) is 0 Å². The third kappa shape index (κ3) is 3.93. The van der Waals surface area contributed by atoms with Crippen molar-refractivity contribution in [3.63, 3.8) is 0 Å². The van der Waals surface area contributed by atoms with E-state index in [1.165, 1.54) is 7.05 Å². The second-order valence-electron chi connectivity index (χ2n) is 4.30. The summed E-state index contributed by atoms with van der Waals surface area (Å²) in [6, 6.07) is 3.22. The van der Waals surface area contributed by atoms with Crippen LogP contribution in [0.3, 0.4) is 0 Å². The highest BCUT2D eigenvalue weighted by Gasteiger charge is 2.19. The molecule has 1 amide bonds. The molecule has 0 aliphatic heterocycles. The van der Waals surface area contributed by atoms with Gasteiger partial charge in [0.05, 0.1) is 4.90 Å². The van der Waals surface area contributed by atoms with E-state index in [0.29, 0.717) is 16.8 Å². The molecule has 0 fully saturated rings. The lowest BCUT2D eigenvalue weighted by Gasteiger charge is -2.12. The maximum absolute atomic E-state index is 12.2. The Kier molecular flexibility index (Phi) is 4.90. The van der Waals surface area contributed by atoms with Crippen LogP contribution in [0.2, 0.25) is 0 Å². The van der Waals surface area contributed by atoms with E-state index in [0.717, 1.165) is 0 Å². The van der Waals surface area contributed by atoms with E-state index in [2.05, 4.69) is 10.0 Å². The molecule has 0 saturated carbocycles. The average Bonchev–Trinajstić information content (AvgIpc) is 2.26. The molecule has 7 heteroatoms. The largest absolute Gasteiger partial charge is 0.399 e. The summed E-state index contributed by atoms with van der Waals surface area (Å²) in [5.41, 5.74) is 7.36. The number of aryl methyl sites for hydroxylation is 2. The fourth-order valence-electron chi connectivity index (χ4n) is 1.90. The van der Waals surface area contributed by atoms with Gasteiger partial charge in [0.25, 0.3) is 0 Å². The lowest BCUT2D eigenvalue weighted by atomic mass is 10.1. The molecule has 4 N–H and O–H groups in total. The summed E-state index contributed by atoms with van der Waals surface area (Å²) in [5, 5.41) is 2.43. The van der Waals surface area contributed by atoms with Crippen molar-refractivity contribution in [1.29, 1.82) is 0 Å². The highest BCUT2D eigenvalue weighted by Crippen LogP contribution is 2.22. The maximum atomic E-state index is 12.2. The van der Waals surface area contributed by atoms with Gasteiger partial charge in [-0.05, 0) is 37.1 Å². The van der Waals surface area contributed by atoms with Crippen molar-refractivity contribution < 1.29 is 13.2 Å². The molecule has 1 aromatic carbocycles. The molecule has 1 aromatic rings. The summed E-state index contributed by atoms with van der Waals surface area (Å²) in [5.74, 6) is -0.214. The van der Waals surface area contributed by atoms with Crippen LogP contribution in [-0.2, 0) is 14.8 Å². The van der Waals surface area contributed by atoms with E-state index in [1.807, 2.05) is 0 Å². The number of carbonyl (C=O) groups excluding carboxylic acids is 1. The van der Waals surface area contributed by atoms with Crippen LogP contribution in [0.4, 0.5) is 5.69 Å². The van der Waals surface area contributed by atoms with Crippen LogP contribution in [0.15, 0.2) is 17.0 Å². The molecule has 0 aliphatic rings. The molecule has 0 saturated heterocycles. The number of benzene rings is 1. The minimum atomic E-state index is -3.63. The van der Waals surface area contributed by atoms with E-state index in [1.54, 1.807) is 26.0 Å². The van der Waals surface area contributed by atoms with Crippen molar-refractivity contribution in [2.45, 2.75) is 25.2 Å². The smallest absolute Gasteiger partial charge is 0.241 e. The van der Waals surface area contributed by atoms with Crippen molar-refractivity contribution in [2.24, 2.45) is 0 Å². The Balaban J connectivity index is 2.92. The van der Waals surface area contributed by atoms with Crippen molar-refractivity contribution in [3.8, 4) is 0 Å². The summed E-state index contributed by atoms with van der Waals surface area (Å²) in [4.78, 5) is 11.3. The third-order valence-corrected chi connectivity index (χ3v) is 4.44. The number of nitrogens with one attached hydrogen (secondary N) is 2. The maximum Gasteiger partial charge on any atom is 0.241 e. The van der Waals surface area contributed by atoms with Crippen LogP contribution < -0.4 is 15.8 Å². The fourth-order valence-corrected chi connectivity index (χ4v) is 3.38. The Morgan fingerprint density at radius 2 is 1.79 bits per heavy atom. The topological polar surface area (TPSA) is 101 Å². The summed E-state index contributed by atoms with van der Waals surface area (Å²) >= 11 is 0. The Hall–Kier alpha value is -1.60. The zero-order valence-electron chi connectivity index (χ0n) is 11.3. The normalized spacial score (nSPS) is 11.3. The van der Waals surface area contributed by atoms with Crippen LogP contribution in [0.1, 0.15) is 17.5 Å². The Morgan fingerprint density at radius 3 is 2.26 bits per heavy atom. The second kappa shape index (κ2) is 6.03. The first kappa shape index (κ1) is 15.5. The summed E-state index contributed by atoms with van der Waals surface area (Å²) in [7, 11) is -2.12. The fraction of sp³-hybridized carbons (Fsp3) is 0.417. The Labute approximate surface area is 113 Å². The molecule has 0 unspecified atom stereocenters. The molecule has 0 radical (unpaired) electrons. The van der Waals surface area contributed by atoms with Gasteiger partial charge in [0.15, 0.2) is 0 Å². The molecule has 6 nitrogen and oxygen atoms in total. The van der Waals surface area contributed by atoms with Crippen LogP contribution in [0.5, 0.6) is 0 Å². The van der Waals surface area contributed by atoms with E-state index in [9.17, 15) is 13.2 Å². The van der Waals surface area contributed by atoms with Crippen LogP contribution in [0.25, 0.3) is 0 Å². The number of amides is 1. The first-order valence-corrected chi connectivity index (χ1v) is 7.33. The molecular formula is C12H19N3O3S. The SMILES string of the molecule is CNC(=O)CCNS(=O)(=O)c1c(C)cc(N)cc1C. The van der Waals surface area contributed by atoms with Gasteiger partial charge in [0.2, 0.25) is 15.9 Å². The highest BCUT2D eigenvalue weighted by atomic mass is 32.2. The standard InChI is InChI=1S/C12H19N3O3S/c1-8-6-10(13)7-9(2)12(8)19(17,18)15-5-4-11(16)14-3/h6-7,15H,4-5,13H2,1-3H3,(H,14,16). The van der Waals surface area contributed by atoms with Gasteiger partial charge in [-0.15, -0.1) is 0 Å². The van der Waals surface area contributed by atoms with Crippen molar-refractivity contribution >= 4 is 21.6 Å². The number of hydrogen-bond donors (Lipinski definition) is 3. The molecule has 0 aliphatic carbocycles. The van der Waals surface area contributed by atoms with Crippen LogP contribution >= 0.6 is 0 Å². The first-order chi connectivity index (χ1) is 8.77. The predicted molar refractivity (Wildman–Crippen MR) is 74.2 cm³/mol. The number of hydrogen-bond acceptors (Lipinski definition) is 4. The number of anilines is 1. The van der Waals surface area contributed by atoms with E-state index in [4.69, 9.17) is 5.73 Å². The zero-order chi connectivity index (χ0) is 14.6. The number of nitrogens with two attached hydrogens (primary N) is 1. The number of sulfonamides is 1. The molecule has 0 atom stereocenters. The lowest BCUT2D eigenvalue weighted by Crippen LogP contribution is -2.30.